The van der Waals surface area contributed by atoms with E-state index in [-0.39, 0.29) is 53.9 Å². The monoisotopic (exact) mass is 503 g/mol. The highest BCUT2D eigenvalue weighted by molar-refractivity contribution is 14.0. The zero-order valence-electron chi connectivity index (χ0n) is 15.0. The first-order valence-corrected chi connectivity index (χ1v) is 8.35. The van der Waals surface area contributed by atoms with Crippen molar-refractivity contribution in [3.8, 4) is 5.75 Å². The number of halogens is 4. The van der Waals surface area contributed by atoms with Gasteiger partial charge in [0.1, 0.15) is 11.6 Å². The van der Waals surface area contributed by atoms with Crippen molar-refractivity contribution in [1.29, 1.82) is 0 Å². The number of benzene rings is 1. The lowest BCUT2D eigenvalue weighted by molar-refractivity contribution is -0.0506. The van der Waals surface area contributed by atoms with E-state index in [1.807, 2.05) is 0 Å². The summed E-state index contributed by atoms with van der Waals surface area (Å²) in [6.45, 7) is -1.36. The molecule has 1 atom stereocenters. The zero-order chi connectivity index (χ0) is 19.0. The lowest BCUT2D eigenvalue weighted by Gasteiger charge is -2.27. The minimum absolute atomic E-state index is 0. The van der Waals surface area contributed by atoms with Crippen molar-refractivity contribution >= 4 is 29.9 Å². The van der Waals surface area contributed by atoms with E-state index in [4.69, 9.17) is 4.74 Å². The lowest BCUT2D eigenvalue weighted by Crippen LogP contribution is -2.44. The molecule has 0 saturated carbocycles. The summed E-state index contributed by atoms with van der Waals surface area (Å²) >= 11 is 0. The maximum Gasteiger partial charge on any atom is 0.387 e. The summed E-state index contributed by atoms with van der Waals surface area (Å²) in [7, 11) is 1.55. The molecule has 27 heavy (non-hydrogen) atoms. The van der Waals surface area contributed by atoms with Gasteiger partial charge in [0.2, 0.25) is 0 Å². The van der Waals surface area contributed by atoms with Gasteiger partial charge in [-0.05, 0) is 25.0 Å². The van der Waals surface area contributed by atoms with Crippen LogP contribution in [0.3, 0.4) is 0 Å². The standard InChI is InChI=1S/C17H24F3N3O3.HI/c1-21-16(23-10-17(5-7-24)6-8-25-11-17)22-9-12-13(18)3-2-4-14(12)26-15(19)20;/h2-4,15,24H,5-11H2,1H3,(H2,21,22,23);1H. The van der Waals surface area contributed by atoms with E-state index in [0.29, 0.717) is 32.1 Å². The van der Waals surface area contributed by atoms with Crippen molar-refractivity contribution in [3.63, 3.8) is 0 Å². The second-order valence-corrected chi connectivity index (χ2v) is 6.15. The first kappa shape index (κ1) is 23.8. The largest absolute Gasteiger partial charge is 0.434 e. The van der Waals surface area contributed by atoms with Crippen molar-refractivity contribution in [2.45, 2.75) is 26.0 Å². The Hall–Kier alpha value is -1.27. The van der Waals surface area contributed by atoms with Gasteiger partial charge in [0.05, 0.1) is 6.61 Å². The molecule has 154 valence electrons. The van der Waals surface area contributed by atoms with Crippen LogP contribution in [0.4, 0.5) is 13.2 Å². The molecule has 1 aromatic rings. The van der Waals surface area contributed by atoms with Crippen LogP contribution in [0.2, 0.25) is 0 Å². The molecule has 1 unspecified atom stereocenters. The molecule has 1 aromatic carbocycles. The van der Waals surface area contributed by atoms with Gasteiger partial charge in [-0.15, -0.1) is 24.0 Å². The summed E-state index contributed by atoms with van der Waals surface area (Å²) in [5.74, 6) is -0.476. The minimum Gasteiger partial charge on any atom is -0.434 e. The fraction of sp³-hybridized carbons (Fsp3) is 0.588. The Labute approximate surface area is 173 Å². The van der Waals surface area contributed by atoms with E-state index in [9.17, 15) is 18.3 Å². The van der Waals surface area contributed by atoms with Crippen LogP contribution in [0.25, 0.3) is 0 Å². The van der Waals surface area contributed by atoms with E-state index in [1.54, 1.807) is 7.05 Å². The van der Waals surface area contributed by atoms with Crippen LogP contribution in [0.1, 0.15) is 18.4 Å². The van der Waals surface area contributed by atoms with Gasteiger partial charge in [-0.2, -0.15) is 8.78 Å². The van der Waals surface area contributed by atoms with Crippen LogP contribution < -0.4 is 15.4 Å². The van der Waals surface area contributed by atoms with E-state index in [1.165, 1.54) is 18.2 Å². The number of nitrogens with one attached hydrogen (secondary N) is 2. The summed E-state index contributed by atoms with van der Waals surface area (Å²) in [6, 6.07) is 3.77. The van der Waals surface area contributed by atoms with Gasteiger partial charge in [0.15, 0.2) is 5.96 Å². The number of hydrogen-bond donors (Lipinski definition) is 3. The Kier molecular flexibility index (Phi) is 10.2. The van der Waals surface area contributed by atoms with Crippen LogP contribution in [0.5, 0.6) is 5.75 Å². The van der Waals surface area contributed by atoms with Crippen molar-refractivity contribution in [1.82, 2.24) is 10.6 Å². The molecule has 2 rings (SSSR count). The van der Waals surface area contributed by atoms with Gasteiger partial charge < -0.3 is 25.2 Å². The maximum absolute atomic E-state index is 14.0. The average molecular weight is 503 g/mol. The fourth-order valence-electron chi connectivity index (χ4n) is 2.89. The smallest absolute Gasteiger partial charge is 0.387 e. The highest BCUT2D eigenvalue weighted by Gasteiger charge is 2.34. The summed E-state index contributed by atoms with van der Waals surface area (Å²) < 4.78 is 48.7. The Bertz CT molecular complexity index is 614. The second kappa shape index (κ2) is 11.5. The molecule has 1 fully saturated rings. The van der Waals surface area contributed by atoms with Crippen LogP contribution in [0, 0.1) is 11.2 Å². The van der Waals surface area contributed by atoms with Crippen molar-refractivity contribution in [2.24, 2.45) is 10.4 Å². The molecule has 0 bridgehead atoms. The Morgan fingerprint density at radius 1 is 1.41 bits per heavy atom. The molecule has 0 radical (unpaired) electrons. The van der Waals surface area contributed by atoms with Gasteiger partial charge in [-0.25, -0.2) is 4.39 Å². The summed E-state index contributed by atoms with van der Waals surface area (Å²) in [6.07, 6.45) is 1.41. The van der Waals surface area contributed by atoms with E-state index in [0.717, 1.165) is 6.42 Å². The molecule has 1 aliphatic heterocycles. The number of rotatable bonds is 8. The topological polar surface area (TPSA) is 75.1 Å². The summed E-state index contributed by atoms with van der Waals surface area (Å²) in [5, 5.41) is 15.3. The van der Waals surface area contributed by atoms with E-state index < -0.39 is 12.4 Å². The minimum atomic E-state index is -3.03. The van der Waals surface area contributed by atoms with Gasteiger partial charge in [-0.3, -0.25) is 4.99 Å². The van der Waals surface area contributed by atoms with Gasteiger partial charge >= 0.3 is 6.61 Å². The molecule has 0 spiro atoms. The quantitative estimate of drug-likeness (QED) is 0.289. The van der Waals surface area contributed by atoms with Crippen LogP contribution in [-0.4, -0.2) is 51.1 Å². The Morgan fingerprint density at radius 2 is 2.19 bits per heavy atom. The number of nitrogens with zero attached hydrogens (tertiary/aromatic N) is 1. The first-order valence-electron chi connectivity index (χ1n) is 8.35. The van der Waals surface area contributed by atoms with Crippen molar-refractivity contribution in [2.75, 3.05) is 33.4 Å². The number of ether oxygens (including phenoxy) is 2. The van der Waals surface area contributed by atoms with Crippen LogP contribution in [-0.2, 0) is 11.3 Å². The number of guanidine groups is 1. The molecule has 6 nitrogen and oxygen atoms in total. The van der Waals surface area contributed by atoms with E-state index >= 15 is 0 Å². The predicted octanol–water partition coefficient (Wildman–Crippen LogP) is 2.50. The summed E-state index contributed by atoms with van der Waals surface area (Å²) in [5.41, 5.74) is -0.195. The molecular formula is C17H25F3IN3O3. The number of aliphatic hydroxyl groups is 1. The fourth-order valence-corrected chi connectivity index (χ4v) is 2.89. The summed E-state index contributed by atoms with van der Waals surface area (Å²) in [4.78, 5) is 4.06. The number of alkyl halides is 2. The average Bonchev–Trinajstić information content (AvgIpc) is 3.05. The van der Waals surface area contributed by atoms with Crippen molar-refractivity contribution < 1.29 is 27.8 Å². The van der Waals surface area contributed by atoms with Crippen molar-refractivity contribution in [3.05, 3.63) is 29.6 Å². The highest BCUT2D eigenvalue weighted by Crippen LogP contribution is 2.31. The molecule has 0 aliphatic carbocycles. The van der Waals surface area contributed by atoms with Gasteiger partial charge in [-0.1, -0.05) is 6.07 Å². The third-order valence-corrected chi connectivity index (χ3v) is 4.41. The SMILES string of the molecule is CN=C(NCc1c(F)cccc1OC(F)F)NCC1(CCO)CCOC1.I. The predicted molar refractivity (Wildman–Crippen MR) is 106 cm³/mol. The normalized spacial score (nSPS) is 19.7. The maximum atomic E-state index is 14.0. The van der Waals surface area contributed by atoms with Gasteiger partial charge in [0, 0.05) is 44.3 Å². The number of aliphatic imine (C=N–C) groups is 1. The highest BCUT2D eigenvalue weighted by atomic mass is 127. The molecule has 1 heterocycles. The lowest BCUT2D eigenvalue weighted by atomic mass is 9.84. The molecule has 10 heteroatoms. The molecular weight excluding hydrogens is 478 g/mol. The number of aliphatic hydroxyl groups excluding tert-OH is 1. The molecule has 0 aromatic heterocycles. The molecule has 3 N–H and O–H groups in total. The van der Waals surface area contributed by atoms with Crippen LogP contribution in [0.15, 0.2) is 23.2 Å². The zero-order valence-corrected chi connectivity index (χ0v) is 17.3. The first-order chi connectivity index (χ1) is 12.5. The third-order valence-electron chi connectivity index (χ3n) is 4.41. The second-order valence-electron chi connectivity index (χ2n) is 6.15. The van der Waals surface area contributed by atoms with E-state index in [2.05, 4.69) is 20.4 Å². The number of hydrogen-bond acceptors (Lipinski definition) is 4. The molecule has 1 saturated heterocycles. The molecule has 0 amide bonds. The molecule has 1 aliphatic rings. The van der Waals surface area contributed by atoms with Crippen LogP contribution >= 0.6 is 24.0 Å². The Morgan fingerprint density at radius 3 is 2.78 bits per heavy atom. The van der Waals surface area contributed by atoms with Gasteiger partial charge in [0.25, 0.3) is 0 Å². The Balaban J connectivity index is 0.00000364. The third kappa shape index (κ3) is 7.00.